The van der Waals surface area contributed by atoms with Gasteiger partial charge in [0.1, 0.15) is 42.2 Å². The molecule has 3 aromatic carbocycles. The quantitative estimate of drug-likeness (QED) is 0.0269. The number of benzene rings is 3. The molecule has 0 aromatic heterocycles. The Hall–Kier alpha value is -8.54. The Balaban J connectivity index is 1.24. The molecule has 6 rings (SSSR count). The van der Waals surface area contributed by atoms with E-state index in [0.717, 1.165) is 27.6 Å². The number of carbonyl (C=O) groups is 9. The summed E-state index contributed by atoms with van der Waals surface area (Å²) < 4.78 is 0. The van der Waals surface area contributed by atoms with Gasteiger partial charge in [-0.15, -0.1) is 0 Å². The number of hydrogen-bond acceptors (Lipinski definition) is 14. The summed E-state index contributed by atoms with van der Waals surface area (Å²) in [5.41, 5.74) is 19.7. The molecule has 0 fully saturated rings. The van der Waals surface area contributed by atoms with Gasteiger partial charge in [0, 0.05) is 50.8 Å². The third kappa shape index (κ3) is 17.8. The molecule has 0 saturated carbocycles. The van der Waals surface area contributed by atoms with E-state index in [4.69, 9.17) is 17.2 Å². The molecule has 8 atom stereocenters. The van der Waals surface area contributed by atoms with Crippen LogP contribution in [0, 0.1) is 0 Å². The maximum absolute atomic E-state index is 14.7. The molecular weight excluding hydrogens is 1000 g/mol. The summed E-state index contributed by atoms with van der Waals surface area (Å²) in [5.74, 6) is -7.57. The number of anilines is 1. The van der Waals surface area contributed by atoms with Crippen LogP contribution in [0.15, 0.2) is 93.5 Å². The Bertz CT molecular complexity index is 2800. The van der Waals surface area contributed by atoms with Crippen LogP contribution >= 0.6 is 0 Å². The van der Waals surface area contributed by atoms with Crippen LogP contribution in [-0.4, -0.2) is 134 Å². The van der Waals surface area contributed by atoms with Crippen molar-refractivity contribution in [2.75, 3.05) is 25.0 Å². The van der Waals surface area contributed by atoms with Gasteiger partial charge in [0.2, 0.25) is 47.3 Å². The van der Waals surface area contributed by atoms with Crippen LogP contribution in [0.25, 0.3) is 10.8 Å². The van der Waals surface area contributed by atoms with E-state index in [1.165, 1.54) is 25.6 Å². The average Bonchev–Trinajstić information content (AvgIpc) is 4.09. The fourth-order valence-corrected chi connectivity index (χ4v) is 9.21. The molecule has 416 valence electrons. The Labute approximate surface area is 451 Å². The van der Waals surface area contributed by atoms with Crippen molar-refractivity contribution in [1.29, 1.82) is 0 Å². The van der Waals surface area contributed by atoms with E-state index < -0.39 is 102 Å². The molecule has 0 bridgehead atoms. The predicted molar refractivity (Wildman–Crippen MR) is 294 cm³/mol. The number of nitrogens with zero attached hydrogens (tertiary/aromatic N) is 3. The largest absolute Gasteiger partial charge is 0.384 e. The molecular formula is C54H71N15O9. The molecule has 3 aliphatic heterocycles. The molecule has 24 nitrogen and oxygen atoms in total. The zero-order valence-electron chi connectivity index (χ0n) is 43.8. The van der Waals surface area contributed by atoms with E-state index in [-0.39, 0.29) is 82.0 Å². The molecule has 3 heterocycles. The van der Waals surface area contributed by atoms with Gasteiger partial charge in [-0.2, -0.15) is 0 Å². The summed E-state index contributed by atoms with van der Waals surface area (Å²) in [6, 6.07) is 12.5. The first kappa shape index (κ1) is 58.7. The molecule has 0 saturated heterocycles. The summed E-state index contributed by atoms with van der Waals surface area (Å²) in [6.45, 7) is 3.70. The molecule has 24 heteroatoms. The molecule has 3 aliphatic rings. The maximum atomic E-state index is 14.7. The van der Waals surface area contributed by atoms with Crippen molar-refractivity contribution in [3.05, 3.63) is 89.6 Å². The molecule has 0 radical (unpaired) electrons. The standard InChI is InChI=1S/C54H71N15O9/c1-3-4-15-40(63-31(2)70)48(73)68-45-27-46(71)59-21-10-9-17-41(50(75)69-53(78)44(67-52(45)77)26-36-29-58-30-62-36)65-51(76)43(25-35-28-61-39-16-8-7-14-37(35)39)66-49(74)42(18-11-22-60-54(56)57)64-47(72)38(55)24-32-19-20-33-12-5-6-13-34(33)23-32/h5-8,12-14,16-17,19-20,23,29-30,35-36,38,40,42-45,61H,3-4,9-11,15,18,21-22,24-28,55H2,1-2H3,(H,59,71)(H,63,70)(H,64,72)(H,65,76)(H,66,74)(H,67,77)(H,68,73)(H4,56,57,60)(H,69,75,78)/t35?,36?,38-,40+,42+,43+,44+,45+/m1/s1. The SMILES string of the molecule is CCCC[C@H](NC(C)=O)C(=O)N[C@H]1CC(=O)NCCCC=C(NC(=O)[C@H](CC2CNc3ccccc32)NC(=O)[C@H](CCCN=C(N)N)NC(=O)[C@H](N)Cc2ccc3ccccc3c2)C(=O)NC(=O)[C@H](CC2C=NC=N2)NC1=O. The number of unbranched alkanes of at least 4 members (excludes halogenated alkanes) is 1. The van der Waals surface area contributed by atoms with E-state index in [9.17, 15) is 43.2 Å². The number of imide groups is 1. The highest BCUT2D eigenvalue weighted by atomic mass is 16.2. The molecule has 15 N–H and O–H groups in total. The highest BCUT2D eigenvalue weighted by molar-refractivity contribution is 6.09. The van der Waals surface area contributed by atoms with Gasteiger partial charge >= 0.3 is 0 Å². The number of fused-ring (bicyclic) bond motifs is 2. The van der Waals surface area contributed by atoms with Crippen LogP contribution in [-0.2, 0) is 49.6 Å². The van der Waals surface area contributed by atoms with Gasteiger partial charge in [0.25, 0.3) is 5.91 Å². The van der Waals surface area contributed by atoms with Crippen molar-refractivity contribution >= 4 is 88.1 Å². The van der Waals surface area contributed by atoms with Crippen molar-refractivity contribution in [1.82, 2.24) is 42.5 Å². The van der Waals surface area contributed by atoms with Crippen molar-refractivity contribution < 1.29 is 43.2 Å². The summed E-state index contributed by atoms with van der Waals surface area (Å²) in [7, 11) is 0. The van der Waals surface area contributed by atoms with Crippen LogP contribution in [0.4, 0.5) is 5.69 Å². The lowest BCUT2D eigenvalue weighted by atomic mass is 9.93. The fraction of sp³-hybridized carbons (Fsp3) is 0.444. The molecule has 0 spiro atoms. The highest BCUT2D eigenvalue weighted by Crippen LogP contribution is 2.34. The Morgan fingerprint density at radius 1 is 0.821 bits per heavy atom. The number of nitrogens with one attached hydrogen (secondary N) is 9. The number of amides is 9. The Kier molecular flexibility index (Phi) is 21.9. The van der Waals surface area contributed by atoms with E-state index in [2.05, 4.69) is 62.8 Å². The number of nitrogens with two attached hydrogens (primary N) is 3. The lowest BCUT2D eigenvalue weighted by molar-refractivity contribution is -0.136. The smallest absolute Gasteiger partial charge is 0.274 e. The lowest BCUT2D eigenvalue weighted by Crippen LogP contribution is -2.58. The number of aliphatic imine (C=N–C) groups is 3. The van der Waals surface area contributed by atoms with E-state index in [0.29, 0.717) is 19.4 Å². The Morgan fingerprint density at radius 2 is 1.55 bits per heavy atom. The normalized spacial score (nSPS) is 20.1. The number of hydrogen-bond donors (Lipinski definition) is 12. The zero-order chi connectivity index (χ0) is 56.1. The monoisotopic (exact) mass is 1070 g/mol. The second-order valence-electron chi connectivity index (χ2n) is 19.5. The van der Waals surface area contributed by atoms with E-state index in [1.54, 1.807) is 0 Å². The number of rotatable bonds is 22. The molecule has 3 aromatic rings. The molecule has 2 unspecified atom stereocenters. The minimum absolute atomic E-state index is 0.0109. The van der Waals surface area contributed by atoms with Crippen LogP contribution in [0.1, 0.15) is 95.1 Å². The topological polar surface area (TPSA) is 377 Å². The van der Waals surface area contributed by atoms with Gasteiger partial charge in [-0.3, -0.25) is 58.5 Å². The van der Waals surface area contributed by atoms with Crippen molar-refractivity contribution in [3.8, 4) is 0 Å². The van der Waals surface area contributed by atoms with Gasteiger partial charge < -0.3 is 59.7 Å². The number of carbonyl (C=O) groups excluding carboxylic acids is 9. The first-order valence-electron chi connectivity index (χ1n) is 26.3. The number of para-hydroxylation sites is 1. The maximum Gasteiger partial charge on any atom is 0.274 e. The van der Waals surface area contributed by atoms with Crippen LogP contribution in [0.2, 0.25) is 0 Å². The lowest BCUT2D eigenvalue weighted by Gasteiger charge is -2.26. The van der Waals surface area contributed by atoms with Gasteiger partial charge in [-0.05, 0) is 72.9 Å². The molecule has 9 amide bonds. The van der Waals surface area contributed by atoms with Gasteiger partial charge in [0.15, 0.2) is 5.96 Å². The van der Waals surface area contributed by atoms with Crippen molar-refractivity contribution in [2.45, 2.75) is 133 Å². The summed E-state index contributed by atoms with van der Waals surface area (Å²) in [6.07, 6.45) is 5.53. The summed E-state index contributed by atoms with van der Waals surface area (Å²) >= 11 is 0. The third-order valence-corrected chi connectivity index (χ3v) is 13.3. The van der Waals surface area contributed by atoms with Gasteiger partial charge in [-0.1, -0.05) is 86.5 Å². The van der Waals surface area contributed by atoms with Gasteiger partial charge in [0.05, 0.1) is 18.5 Å². The number of guanidine groups is 1. The highest BCUT2D eigenvalue weighted by Gasteiger charge is 2.36. The predicted octanol–water partition coefficient (Wildman–Crippen LogP) is -0.189. The van der Waals surface area contributed by atoms with Crippen molar-refractivity contribution in [3.63, 3.8) is 0 Å². The number of allylic oxidation sites excluding steroid dienone is 1. The molecule has 0 aliphatic carbocycles. The van der Waals surface area contributed by atoms with E-state index >= 15 is 0 Å². The van der Waals surface area contributed by atoms with Crippen LogP contribution in [0.3, 0.4) is 0 Å². The summed E-state index contributed by atoms with van der Waals surface area (Å²) in [5, 5.41) is 26.2. The van der Waals surface area contributed by atoms with E-state index in [1.807, 2.05) is 73.7 Å². The van der Waals surface area contributed by atoms with Crippen LogP contribution in [0.5, 0.6) is 0 Å². The Morgan fingerprint density at radius 3 is 2.29 bits per heavy atom. The van der Waals surface area contributed by atoms with Gasteiger partial charge in [-0.25, -0.2) is 4.99 Å². The minimum Gasteiger partial charge on any atom is -0.384 e. The zero-order valence-corrected chi connectivity index (χ0v) is 43.8. The average molecular weight is 1070 g/mol. The summed E-state index contributed by atoms with van der Waals surface area (Å²) in [4.78, 5) is 137. The van der Waals surface area contributed by atoms with Crippen LogP contribution < -0.4 is 65.1 Å². The molecule has 78 heavy (non-hydrogen) atoms. The first-order valence-corrected chi connectivity index (χ1v) is 26.3. The second-order valence-corrected chi connectivity index (χ2v) is 19.5. The minimum atomic E-state index is -1.52. The fourth-order valence-electron chi connectivity index (χ4n) is 9.21. The second kappa shape index (κ2) is 29.1. The first-order chi connectivity index (χ1) is 37.5. The van der Waals surface area contributed by atoms with Crippen molar-refractivity contribution in [2.24, 2.45) is 32.2 Å². The third-order valence-electron chi connectivity index (χ3n) is 13.3.